The molecule has 20 heavy (non-hydrogen) atoms. The number of nitrogens with one attached hydrogen (secondary N) is 1. The SMILES string of the molecule is CCNCC1COCCN1Cc1ncnn1CC(C)C. The second-order valence-electron chi connectivity index (χ2n) is 5.76. The van der Waals surface area contributed by atoms with Crippen LogP contribution in [0.25, 0.3) is 0 Å². The highest BCUT2D eigenvalue weighted by atomic mass is 16.5. The van der Waals surface area contributed by atoms with Crippen molar-refractivity contribution >= 4 is 0 Å². The van der Waals surface area contributed by atoms with Gasteiger partial charge in [-0.1, -0.05) is 20.8 Å². The second kappa shape index (κ2) is 7.71. The molecule has 1 aliphatic rings. The van der Waals surface area contributed by atoms with E-state index in [9.17, 15) is 0 Å². The molecular weight excluding hydrogens is 254 g/mol. The molecule has 1 N–H and O–H groups in total. The number of aromatic nitrogens is 3. The van der Waals surface area contributed by atoms with E-state index in [0.29, 0.717) is 12.0 Å². The van der Waals surface area contributed by atoms with E-state index in [4.69, 9.17) is 4.74 Å². The summed E-state index contributed by atoms with van der Waals surface area (Å²) in [6.45, 7) is 12.8. The number of hydrogen-bond acceptors (Lipinski definition) is 5. The Bertz CT molecular complexity index is 393. The molecule has 1 unspecified atom stereocenters. The van der Waals surface area contributed by atoms with Gasteiger partial charge in [0.05, 0.1) is 19.8 Å². The van der Waals surface area contributed by atoms with Crippen LogP contribution >= 0.6 is 0 Å². The van der Waals surface area contributed by atoms with Crippen LogP contribution < -0.4 is 5.32 Å². The van der Waals surface area contributed by atoms with Crippen molar-refractivity contribution < 1.29 is 4.74 Å². The fraction of sp³-hybridized carbons (Fsp3) is 0.857. The molecule has 1 fully saturated rings. The third-order valence-electron chi connectivity index (χ3n) is 3.56. The Labute approximate surface area is 121 Å². The molecule has 0 bridgehead atoms. The molecule has 2 heterocycles. The highest BCUT2D eigenvalue weighted by Crippen LogP contribution is 2.11. The zero-order chi connectivity index (χ0) is 14.4. The molecule has 1 aromatic rings. The van der Waals surface area contributed by atoms with Gasteiger partial charge in [0, 0.05) is 25.7 Å². The lowest BCUT2D eigenvalue weighted by molar-refractivity contribution is -0.0125. The van der Waals surface area contributed by atoms with Gasteiger partial charge in [0.15, 0.2) is 0 Å². The molecule has 0 saturated carbocycles. The van der Waals surface area contributed by atoms with E-state index < -0.39 is 0 Å². The molecule has 114 valence electrons. The van der Waals surface area contributed by atoms with Gasteiger partial charge in [-0.3, -0.25) is 4.90 Å². The van der Waals surface area contributed by atoms with Crippen molar-refractivity contribution in [2.45, 2.75) is 39.9 Å². The summed E-state index contributed by atoms with van der Waals surface area (Å²) in [4.78, 5) is 6.88. The van der Waals surface area contributed by atoms with Crippen LogP contribution in [0.3, 0.4) is 0 Å². The molecule has 0 aromatic carbocycles. The predicted octanol–water partition coefficient (Wildman–Crippen LogP) is 0.744. The van der Waals surface area contributed by atoms with Gasteiger partial charge in [-0.15, -0.1) is 0 Å². The van der Waals surface area contributed by atoms with Crippen LogP contribution in [-0.2, 0) is 17.8 Å². The topological polar surface area (TPSA) is 55.2 Å². The third-order valence-corrected chi connectivity index (χ3v) is 3.56. The van der Waals surface area contributed by atoms with Crippen LogP contribution in [0.4, 0.5) is 0 Å². The van der Waals surface area contributed by atoms with E-state index in [0.717, 1.165) is 51.8 Å². The first kappa shape index (κ1) is 15.4. The summed E-state index contributed by atoms with van der Waals surface area (Å²) in [5.74, 6) is 1.64. The van der Waals surface area contributed by atoms with Crippen LogP contribution in [0.1, 0.15) is 26.6 Å². The van der Waals surface area contributed by atoms with E-state index in [1.807, 2.05) is 4.68 Å². The smallest absolute Gasteiger partial charge is 0.141 e. The fourth-order valence-corrected chi connectivity index (χ4v) is 2.49. The number of ether oxygens (including phenoxy) is 1. The number of morpholine rings is 1. The van der Waals surface area contributed by atoms with Gasteiger partial charge in [-0.25, -0.2) is 9.67 Å². The van der Waals surface area contributed by atoms with Crippen molar-refractivity contribution in [3.63, 3.8) is 0 Å². The van der Waals surface area contributed by atoms with E-state index in [2.05, 4.69) is 41.1 Å². The summed E-state index contributed by atoms with van der Waals surface area (Å²) < 4.78 is 7.63. The minimum atomic E-state index is 0.424. The Morgan fingerprint density at radius 2 is 2.35 bits per heavy atom. The van der Waals surface area contributed by atoms with Gasteiger partial charge in [0.25, 0.3) is 0 Å². The molecule has 2 rings (SSSR count). The van der Waals surface area contributed by atoms with Crippen molar-refractivity contribution in [2.24, 2.45) is 5.92 Å². The lowest BCUT2D eigenvalue weighted by atomic mass is 10.2. The van der Waals surface area contributed by atoms with Crippen molar-refractivity contribution in [3.8, 4) is 0 Å². The Morgan fingerprint density at radius 1 is 1.50 bits per heavy atom. The maximum atomic E-state index is 5.60. The molecule has 1 atom stereocenters. The monoisotopic (exact) mass is 281 g/mol. The van der Waals surface area contributed by atoms with Crippen LogP contribution in [0.15, 0.2) is 6.33 Å². The summed E-state index contributed by atoms with van der Waals surface area (Å²) in [6.07, 6.45) is 1.66. The normalized spacial score (nSPS) is 20.7. The average molecular weight is 281 g/mol. The molecule has 1 aliphatic heterocycles. The first-order valence-corrected chi connectivity index (χ1v) is 7.60. The largest absolute Gasteiger partial charge is 0.378 e. The molecule has 0 aliphatic carbocycles. The van der Waals surface area contributed by atoms with Gasteiger partial charge >= 0.3 is 0 Å². The number of rotatable bonds is 7. The van der Waals surface area contributed by atoms with E-state index >= 15 is 0 Å². The highest BCUT2D eigenvalue weighted by Gasteiger charge is 2.24. The molecular formula is C14H27N5O. The number of likely N-dealkylation sites (N-methyl/N-ethyl adjacent to an activating group) is 1. The quantitative estimate of drug-likeness (QED) is 0.799. The zero-order valence-corrected chi connectivity index (χ0v) is 12.9. The summed E-state index contributed by atoms with van der Waals surface area (Å²) in [5.41, 5.74) is 0. The van der Waals surface area contributed by atoms with Crippen LogP contribution in [-0.4, -0.2) is 58.6 Å². The molecule has 6 nitrogen and oxygen atoms in total. The molecule has 0 amide bonds. The van der Waals surface area contributed by atoms with E-state index in [1.165, 1.54) is 0 Å². The van der Waals surface area contributed by atoms with E-state index in [-0.39, 0.29) is 0 Å². The molecule has 1 aromatic heterocycles. The third kappa shape index (κ3) is 4.26. The number of hydrogen-bond donors (Lipinski definition) is 1. The van der Waals surface area contributed by atoms with Crippen molar-refractivity contribution in [2.75, 3.05) is 32.8 Å². The number of nitrogens with zero attached hydrogens (tertiary/aromatic N) is 4. The molecule has 0 spiro atoms. The van der Waals surface area contributed by atoms with Crippen LogP contribution in [0.2, 0.25) is 0 Å². The minimum absolute atomic E-state index is 0.424. The molecule has 6 heteroatoms. The Balaban J connectivity index is 1.97. The maximum Gasteiger partial charge on any atom is 0.141 e. The van der Waals surface area contributed by atoms with Crippen molar-refractivity contribution in [3.05, 3.63) is 12.2 Å². The summed E-state index contributed by atoms with van der Waals surface area (Å²) in [5, 5.41) is 7.75. The lowest BCUT2D eigenvalue weighted by Crippen LogP contribution is -2.50. The summed E-state index contributed by atoms with van der Waals surface area (Å²) in [7, 11) is 0. The van der Waals surface area contributed by atoms with Crippen molar-refractivity contribution in [1.29, 1.82) is 0 Å². The average Bonchev–Trinajstić information content (AvgIpc) is 2.84. The lowest BCUT2D eigenvalue weighted by Gasteiger charge is -2.35. The zero-order valence-electron chi connectivity index (χ0n) is 12.9. The van der Waals surface area contributed by atoms with Gasteiger partial charge in [-0.2, -0.15) is 5.10 Å². The first-order chi connectivity index (χ1) is 9.70. The summed E-state index contributed by atoms with van der Waals surface area (Å²) in [6, 6.07) is 0.424. The Kier molecular flexibility index (Phi) is 5.94. The minimum Gasteiger partial charge on any atom is -0.378 e. The highest BCUT2D eigenvalue weighted by molar-refractivity contribution is 4.88. The maximum absolute atomic E-state index is 5.60. The summed E-state index contributed by atoms with van der Waals surface area (Å²) >= 11 is 0. The van der Waals surface area contributed by atoms with Gasteiger partial charge in [0.2, 0.25) is 0 Å². The van der Waals surface area contributed by atoms with Gasteiger partial charge in [-0.05, 0) is 12.5 Å². The Hall–Kier alpha value is -0.980. The van der Waals surface area contributed by atoms with Crippen molar-refractivity contribution in [1.82, 2.24) is 25.0 Å². The Morgan fingerprint density at radius 3 is 3.10 bits per heavy atom. The standard InChI is InChI=1S/C14H27N5O/c1-4-15-7-13-10-20-6-5-18(13)9-14-16-11-17-19(14)8-12(2)3/h11-13,15H,4-10H2,1-3H3. The van der Waals surface area contributed by atoms with Gasteiger partial charge < -0.3 is 10.1 Å². The predicted molar refractivity (Wildman–Crippen MR) is 78.4 cm³/mol. The molecule has 1 saturated heterocycles. The van der Waals surface area contributed by atoms with E-state index in [1.54, 1.807) is 6.33 Å². The molecule has 0 radical (unpaired) electrons. The van der Waals surface area contributed by atoms with Crippen LogP contribution in [0.5, 0.6) is 0 Å². The fourth-order valence-electron chi connectivity index (χ4n) is 2.49. The van der Waals surface area contributed by atoms with Gasteiger partial charge in [0.1, 0.15) is 12.2 Å². The van der Waals surface area contributed by atoms with Crippen LogP contribution in [0, 0.1) is 5.92 Å². The second-order valence-corrected chi connectivity index (χ2v) is 5.76. The first-order valence-electron chi connectivity index (χ1n) is 7.60.